The van der Waals surface area contributed by atoms with Gasteiger partial charge in [-0.3, -0.25) is 0 Å². The summed E-state index contributed by atoms with van der Waals surface area (Å²) in [5.74, 6) is -0.777. The molecule has 0 heterocycles. The average Bonchev–Trinajstić information content (AvgIpc) is 2.28. The fourth-order valence-electron chi connectivity index (χ4n) is 1.23. The lowest BCUT2D eigenvalue weighted by Crippen LogP contribution is -2.20. The average molecular weight is 241 g/mol. The molecular formula is C12H16FNO3. The summed E-state index contributed by atoms with van der Waals surface area (Å²) < 4.78 is 23.0. The van der Waals surface area contributed by atoms with Crippen molar-refractivity contribution in [2.75, 3.05) is 34.4 Å². The highest BCUT2D eigenvalue weighted by Crippen LogP contribution is 2.20. The molecule has 1 rings (SSSR count). The van der Waals surface area contributed by atoms with Gasteiger partial charge in [0.15, 0.2) is 0 Å². The van der Waals surface area contributed by atoms with Gasteiger partial charge < -0.3 is 14.4 Å². The zero-order valence-corrected chi connectivity index (χ0v) is 10.2. The van der Waals surface area contributed by atoms with Crippen LogP contribution in [0.3, 0.4) is 0 Å². The van der Waals surface area contributed by atoms with E-state index in [9.17, 15) is 9.18 Å². The van der Waals surface area contributed by atoms with Gasteiger partial charge in [-0.25, -0.2) is 9.18 Å². The van der Waals surface area contributed by atoms with Crippen LogP contribution in [-0.4, -0.2) is 45.2 Å². The van der Waals surface area contributed by atoms with E-state index in [4.69, 9.17) is 4.74 Å². The van der Waals surface area contributed by atoms with E-state index in [1.165, 1.54) is 25.3 Å². The fourth-order valence-corrected chi connectivity index (χ4v) is 1.23. The minimum Gasteiger partial charge on any atom is -0.491 e. The van der Waals surface area contributed by atoms with Crippen LogP contribution in [-0.2, 0) is 4.74 Å². The maximum atomic E-state index is 13.1. The molecule has 0 radical (unpaired) electrons. The van der Waals surface area contributed by atoms with Gasteiger partial charge in [-0.2, -0.15) is 0 Å². The number of rotatable bonds is 5. The predicted molar refractivity (Wildman–Crippen MR) is 61.8 cm³/mol. The molecule has 0 N–H and O–H groups in total. The number of carbonyl (C=O) groups excluding carboxylic acids is 1. The first-order valence-corrected chi connectivity index (χ1v) is 5.20. The Balaban J connectivity index is 2.80. The van der Waals surface area contributed by atoms with Crippen LogP contribution in [0.25, 0.3) is 0 Å². The summed E-state index contributed by atoms with van der Waals surface area (Å²) in [6.07, 6.45) is 0. The lowest BCUT2D eigenvalue weighted by Gasteiger charge is -2.13. The molecule has 0 bridgehead atoms. The zero-order chi connectivity index (χ0) is 12.8. The molecule has 0 spiro atoms. The molecule has 0 fully saturated rings. The Morgan fingerprint density at radius 3 is 2.71 bits per heavy atom. The quantitative estimate of drug-likeness (QED) is 0.733. The van der Waals surface area contributed by atoms with E-state index < -0.39 is 11.8 Å². The van der Waals surface area contributed by atoms with Crippen molar-refractivity contribution in [1.29, 1.82) is 0 Å². The number of methoxy groups -OCH3 is 1. The molecule has 0 aliphatic rings. The Labute approximate surface area is 99.9 Å². The lowest BCUT2D eigenvalue weighted by atomic mass is 10.2. The summed E-state index contributed by atoms with van der Waals surface area (Å²) >= 11 is 0. The molecule has 0 aromatic heterocycles. The summed E-state index contributed by atoms with van der Waals surface area (Å²) in [4.78, 5) is 13.3. The molecule has 0 aliphatic heterocycles. The Morgan fingerprint density at radius 2 is 2.12 bits per heavy atom. The SMILES string of the molecule is COC(=O)c1ccc(F)cc1OCCN(C)C. The fraction of sp³-hybridized carbons (Fsp3) is 0.417. The minimum atomic E-state index is -0.537. The Bertz CT molecular complexity index is 393. The minimum absolute atomic E-state index is 0.207. The molecule has 0 amide bonds. The van der Waals surface area contributed by atoms with E-state index >= 15 is 0 Å². The number of ether oxygens (including phenoxy) is 2. The van der Waals surface area contributed by atoms with Gasteiger partial charge in [0.2, 0.25) is 0 Å². The monoisotopic (exact) mass is 241 g/mol. The Morgan fingerprint density at radius 1 is 1.41 bits per heavy atom. The van der Waals surface area contributed by atoms with Crippen LogP contribution < -0.4 is 4.74 Å². The summed E-state index contributed by atoms with van der Waals surface area (Å²) in [6, 6.07) is 3.74. The van der Waals surface area contributed by atoms with E-state index in [0.717, 1.165) is 0 Å². The third-order valence-corrected chi connectivity index (χ3v) is 2.15. The summed E-state index contributed by atoms with van der Waals surface area (Å²) in [7, 11) is 5.07. The van der Waals surface area contributed by atoms with E-state index in [1.54, 1.807) is 0 Å². The predicted octanol–water partition coefficient (Wildman–Crippen LogP) is 1.55. The van der Waals surface area contributed by atoms with E-state index in [1.807, 2.05) is 19.0 Å². The van der Waals surface area contributed by atoms with Crippen molar-refractivity contribution in [2.24, 2.45) is 0 Å². The van der Waals surface area contributed by atoms with Gasteiger partial charge >= 0.3 is 5.97 Å². The summed E-state index contributed by atoms with van der Waals surface area (Å²) in [5.41, 5.74) is 0.229. The number of nitrogens with zero attached hydrogens (tertiary/aromatic N) is 1. The van der Waals surface area contributed by atoms with Crippen molar-refractivity contribution < 1.29 is 18.7 Å². The van der Waals surface area contributed by atoms with E-state index in [0.29, 0.717) is 13.2 Å². The van der Waals surface area contributed by atoms with Gasteiger partial charge in [-0.15, -0.1) is 0 Å². The molecule has 0 aliphatic carbocycles. The van der Waals surface area contributed by atoms with Gasteiger partial charge in [0.05, 0.1) is 7.11 Å². The molecule has 0 saturated heterocycles. The molecule has 94 valence electrons. The van der Waals surface area contributed by atoms with Crippen molar-refractivity contribution in [3.8, 4) is 5.75 Å². The van der Waals surface area contributed by atoms with Crippen molar-refractivity contribution in [1.82, 2.24) is 4.90 Å². The number of esters is 1. The molecule has 0 saturated carbocycles. The Hall–Kier alpha value is -1.62. The molecule has 0 atom stereocenters. The number of halogens is 1. The first-order chi connectivity index (χ1) is 8.04. The largest absolute Gasteiger partial charge is 0.491 e. The van der Waals surface area contributed by atoms with Gasteiger partial charge in [0.25, 0.3) is 0 Å². The third-order valence-electron chi connectivity index (χ3n) is 2.15. The zero-order valence-electron chi connectivity index (χ0n) is 10.2. The van der Waals surface area contributed by atoms with Crippen LogP contribution in [0.2, 0.25) is 0 Å². The second-order valence-electron chi connectivity index (χ2n) is 3.78. The van der Waals surface area contributed by atoms with Gasteiger partial charge in [-0.05, 0) is 26.2 Å². The van der Waals surface area contributed by atoms with Crippen LogP contribution in [0.5, 0.6) is 5.75 Å². The molecular weight excluding hydrogens is 225 g/mol. The van der Waals surface area contributed by atoms with E-state index in [-0.39, 0.29) is 11.3 Å². The standard InChI is InChI=1S/C12H16FNO3/c1-14(2)6-7-17-11-8-9(13)4-5-10(11)12(15)16-3/h4-5,8H,6-7H2,1-3H3. The molecule has 1 aromatic rings. The van der Waals surface area contributed by atoms with Gasteiger partial charge in [0.1, 0.15) is 23.7 Å². The van der Waals surface area contributed by atoms with E-state index in [2.05, 4.69) is 4.74 Å². The van der Waals surface area contributed by atoms with Crippen LogP contribution in [0, 0.1) is 5.82 Å². The summed E-state index contributed by atoms with van der Waals surface area (Å²) in [6.45, 7) is 1.05. The van der Waals surface area contributed by atoms with Crippen molar-refractivity contribution in [3.05, 3.63) is 29.6 Å². The normalized spacial score (nSPS) is 10.4. The smallest absolute Gasteiger partial charge is 0.341 e. The molecule has 0 unspecified atom stereocenters. The van der Waals surface area contributed by atoms with Gasteiger partial charge in [-0.1, -0.05) is 0 Å². The molecule has 17 heavy (non-hydrogen) atoms. The number of carbonyl (C=O) groups is 1. The second-order valence-corrected chi connectivity index (χ2v) is 3.78. The number of benzene rings is 1. The van der Waals surface area contributed by atoms with Crippen molar-refractivity contribution in [3.63, 3.8) is 0 Å². The number of likely N-dealkylation sites (N-methyl/N-ethyl adjacent to an activating group) is 1. The van der Waals surface area contributed by atoms with Crippen molar-refractivity contribution in [2.45, 2.75) is 0 Å². The third kappa shape index (κ3) is 4.03. The molecule has 4 nitrogen and oxygen atoms in total. The highest BCUT2D eigenvalue weighted by molar-refractivity contribution is 5.92. The van der Waals surface area contributed by atoms with Crippen LogP contribution in [0.15, 0.2) is 18.2 Å². The topological polar surface area (TPSA) is 38.8 Å². The lowest BCUT2D eigenvalue weighted by molar-refractivity contribution is 0.0595. The first kappa shape index (κ1) is 13.4. The van der Waals surface area contributed by atoms with Crippen LogP contribution in [0.1, 0.15) is 10.4 Å². The highest BCUT2D eigenvalue weighted by Gasteiger charge is 2.13. The van der Waals surface area contributed by atoms with Gasteiger partial charge in [0, 0.05) is 12.6 Å². The highest BCUT2D eigenvalue weighted by atomic mass is 19.1. The maximum absolute atomic E-state index is 13.1. The van der Waals surface area contributed by atoms with Crippen molar-refractivity contribution >= 4 is 5.97 Å². The maximum Gasteiger partial charge on any atom is 0.341 e. The summed E-state index contributed by atoms with van der Waals surface area (Å²) in [5, 5.41) is 0. The molecule has 5 heteroatoms. The second kappa shape index (κ2) is 6.20. The number of hydrogen-bond donors (Lipinski definition) is 0. The number of hydrogen-bond acceptors (Lipinski definition) is 4. The molecule has 1 aromatic carbocycles. The van der Waals surface area contributed by atoms with Crippen LogP contribution in [0.4, 0.5) is 4.39 Å². The first-order valence-electron chi connectivity index (χ1n) is 5.20. The van der Waals surface area contributed by atoms with Crippen LogP contribution >= 0.6 is 0 Å². The Kier molecular flexibility index (Phi) is 4.90.